The second-order valence-corrected chi connectivity index (χ2v) is 5.43. The number of hydrogen-bond donors (Lipinski definition) is 0. The molecule has 0 aliphatic rings. The number of carbonyl (C=O) groups excluding carboxylic acids is 1. The molecule has 3 aromatic rings. The lowest BCUT2D eigenvalue weighted by atomic mass is 10.2. The molecule has 2 heterocycles. The van der Waals surface area contributed by atoms with Crippen molar-refractivity contribution in [2.24, 2.45) is 0 Å². The number of pyridine rings is 1. The van der Waals surface area contributed by atoms with Gasteiger partial charge in [-0.25, -0.2) is 14.8 Å². The number of benzene rings is 1. The average Bonchev–Trinajstić information content (AvgIpc) is 2.62. The smallest absolute Gasteiger partial charge is 0.417 e. The Morgan fingerprint density at radius 2 is 1.81 bits per heavy atom. The molecule has 0 radical (unpaired) electrons. The fourth-order valence-corrected chi connectivity index (χ4v) is 2.24. The number of alkyl halides is 3. The van der Waals surface area contributed by atoms with Crippen molar-refractivity contribution in [1.82, 2.24) is 15.0 Å². The van der Waals surface area contributed by atoms with Crippen LogP contribution in [0.25, 0.3) is 11.5 Å². The number of carbonyl (C=O) groups is 1. The van der Waals surface area contributed by atoms with E-state index in [0.29, 0.717) is 11.9 Å². The van der Waals surface area contributed by atoms with E-state index in [0.717, 1.165) is 6.07 Å². The Morgan fingerprint density at radius 3 is 2.46 bits per heavy atom. The Balaban J connectivity index is 1.89. The third kappa shape index (κ3) is 3.97. The minimum Gasteiger partial charge on any atom is -0.422 e. The first-order valence-corrected chi connectivity index (χ1v) is 7.56. The molecule has 0 aliphatic heterocycles. The zero-order chi connectivity index (χ0) is 18.7. The van der Waals surface area contributed by atoms with E-state index in [9.17, 15) is 18.0 Å². The first-order valence-electron chi connectivity index (χ1n) is 7.18. The summed E-state index contributed by atoms with van der Waals surface area (Å²) in [6.07, 6.45) is -2.68. The van der Waals surface area contributed by atoms with E-state index in [1.807, 2.05) is 0 Å². The molecule has 0 saturated heterocycles. The molecule has 3 rings (SSSR count). The Hall–Kier alpha value is -3.00. The third-order valence-corrected chi connectivity index (χ3v) is 3.49. The van der Waals surface area contributed by atoms with Crippen LogP contribution in [0.4, 0.5) is 13.2 Å². The van der Waals surface area contributed by atoms with Crippen molar-refractivity contribution in [3.05, 3.63) is 71.1 Å². The number of aromatic nitrogens is 3. The topological polar surface area (TPSA) is 65.0 Å². The summed E-state index contributed by atoms with van der Waals surface area (Å²) >= 11 is 5.87. The van der Waals surface area contributed by atoms with Gasteiger partial charge < -0.3 is 4.74 Å². The molecule has 0 N–H and O–H groups in total. The lowest BCUT2D eigenvalue weighted by Gasteiger charge is -2.09. The number of hydrogen-bond acceptors (Lipinski definition) is 5. The van der Waals surface area contributed by atoms with Crippen LogP contribution in [0.15, 0.2) is 54.9 Å². The van der Waals surface area contributed by atoms with Crippen molar-refractivity contribution in [3.8, 4) is 17.3 Å². The summed E-state index contributed by atoms with van der Waals surface area (Å²) in [6.45, 7) is 0. The van der Waals surface area contributed by atoms with Gasteiger partial charge in [-0.05, 0) is 24.3 Å². The van der Waals surface area contributed by atoms with Crippen molar-refractivity contribution in [2.75, 3.05) is 0 Å². The van der Waals surface area contributed by atoms with Crippen LogP contribution in [0.5, 0.6) is 5.75 Å². The first kappa shape index (κ1) is 17.8. The van der Waals surface area contributed by atoms with E-state index in [2.05, 4.69) is 15.0 Å². The molecular weight excluding hydrogens is 371 g/mol. The van der Waals surface area contributed by atoms with Crippen molar-refractivity contribution in [2.45, 2.75) is 6.18 Å². The molecule has 0 bridgehead atoms. The largest absolute Gasteiger partial charge is 0.422 e. The molecule has 0 aliphatic carbocycles. The average molecular weight is 380 g/mol. The molecule has 0 amide bonds. The fourth-order valence-electron chi connectivity index (χ4n) is 1.99. The summed E-state index contributed by atoms with van der Waals surface area (Å²) in [5.41, 5.74) is -1.16. The maximum absolute atomic E-state index is 12.7. The molecule has 5 nitrogen and oxygen atoms in total. The van der Waals surface area contributed by atoms with Gasteiger partial charge in [-0.2, -0.15) is 13.2 Å². The van der Waals surface area contributed by atoms with Gasteiger partial charge in [0.15, 0.2) is 11.5 Å². The number of esters is 1. The first-order chi connectivity index (χ1) is 12.3. The second kappa shape index (κ2) is 7.09. The van der Waals surface area contributed by atoms with Crippen LogP contribution in [0.1, 0.15) is 16.1 Å². The minimum atomic E-state index is -4.57. The quantitative estimate of drug-likeness (QED) is 0.497. The number of ether oxygens (including phenoxy) is 1. The molecule has 0 saturated carbocycles. The Bertz CT molecular complexity index is 949. The van der Waals surface area contributed by atoms with Crippen molar-refractivity contribution < 1.29 is 22.7 Å². The zero-order valence-electron chi connectivity index (χ0n) is 12.9. The zero-order valence-corrected chi connectivity index (χ0v) is 13.6. The molecule has 0 fully saturated rings. The van der Waals surface area contributed by atoms with Crippen molar-refractivity contribution >= 4 is 17.6 Å². The van der Waals surface area contributed by atoms with Gasteiger partial charge in [-0.15, -0.1) is 0 Å². The van der Waals surface area contributed by atoms with Crippen LogP contribution in [-0.4, -0.2) is 20.9 Å². The van der Waals surface area contributed by atoms with E-state index in [-0.39, 0.29) is 22.2 Å². The maximum Gasteiger partial charge on any atom is 0.417 e. The summed E-state index contributed by atoms with van der Waals surface area (Å²) in [4.78, 5) is 23.7. The Labute approximate surface area is 150 Å². The standard InChI is InChI=1S/C17H9ClF3N3O2/c18-12-8-10(17(19,20)21)9-23-14(12)15-22-7-6-13(24-15)16(25)26-11-4-2-1-3-5-11/h1-9H. The van der Waals surface area contributed by atoms with E-state index in [4.69, 9.17) is 16.3 Å². The monoisotopic (exact) mass is 379 g/mol. The predicted octanol–water partition coefficient (Wildman–Crippen LogP) is 4.43. The molecule has 2 aromatic heterocycles. The van der Waals surface area contributed by atoms with Crippen LogP contribution in [0.2, 0.25) is 5.02 Å². The minimum absolute atomic E-state index is 0.0750. The fraction of sp³-hybridized carbons (Fsp3) is 0.0588. The summed E-state index contributed by atoms with van der Waals surface area (Å²) < 4.78 is 43.2. The molecular formula is C17H9ClF3N3O2. The van der Waals surface area contributed by atoms with Crippen LogP contribution in [0.3, 0.4) is 0 Å². The van der Waals surface area contributed by atoms with E-state index >= 15 is 0 Å². The number of para-hydroxylation sites is 1. The highest BCUT2D eigenvalue weighted by Crippen LogP contribution is 2.33. The number of halogens is 4. The van der Waals surface area contributed by atoms with Gasteiger partial charge in [0, 0.05) is 12.4 Å². The number of rotatable bonds is 3. The van der Waals surface area contributed by atoms with Crippen LogP contribution < -0.4 is 4.74 Å². The van der Waals surface area contributed by atoms with Gasteiger partial charge in [0.05, 0.1) is 10.6 Å². The van der Waals surface area contributed by atoms with Crippen LogP contribution >= 0.6 is 11.6 Å². The highest BCUT2D eigenvalue weighted by molar-refractivity contribution is 6.32. The van der Waals surface area contributed by atoms with E-state index in [1.165, 1.54) is 12.3 Å². The lowest BCUT2D eigenvalue weighted by molar-refractivity contribution is -0.137. The normalized spacial score (nSPS) is 11.2. The number of nitrogens with zero attached hydrogens (tertiary/aromatic N) is 3. The van der Waals surface area contributed by atoms with Gasteiger partial charge >= 0.3 is 12.1 Å². The lowest BCUT2D eigenvalue weighted by Crippen LogP contribution is -2.12. The summed E-state index contributed by atoms with van der Waals surface area (Å²) in [5.74, 6) is -0.516. The molecule has 1 aromatic carbocycles. The van der Waals surface area contributed by atoms with Gasteiger partial charge in [-0.3, -0.25) is 4.98 Å². The van der Waals surface area contributed by atoms with Gasteiger partial charge in [0.1, 0.15) is 11.4 Å². The highest BCUT2D eigenvalue weighted by Gasteiger charge is 2.32. The van der Waals surface area contributed by atoms with Gasteiger partial charge in [0.2, 0.25) is 0 Å². The summed E-state index contributed by atoms with van der Waals surface area (Å²) in [7, 11) is 0. The SMILES string of the molecule is O=C(Oc1ccccc1)c1ccnc(-c2ncc(C(F)(F)F)cc2Cl)n1. The van der Waals surface area contributed by atoms with Gasteiger partial charge in [0.25, 0.3) is 0 Å². The molecule has 26 heavy (non-hydrogen) atoms. The Morgan fingerprint density at radius 1 is 1.08 bits per heavy atom. The maximum atomic E-state index is 12.7. The van der Waals surface area contributed by atoms with E-state index < -0.39 is 17.7 Å². The third-order valence-electron chi connectivity index (χ3n) is 3.20. The van der Waals surface area contributed by atoms with Crippen LogP contribution in [-0.2, 0) is 6.18 Å². The highest BCUT2D eigenvalue weighted by atomic mass is 35.5. The van der Waals surface area contributed by atoms with E-state index in [1.54, 1.807) is 30.3 Å². The molecule has 132 valence electrons. The van der Waals surface area contributed by atoms with Crippen molar-refractivity contribution in [3.63, 3.8) is 0 Å². The molecule has 0 spiro atoms. The predicted molar refractivity (Wildman–Crippen MR) is 86.7 cm³/mol. The Kier molecular flexibility index (Phi) is 4.85. The summed E-state index contributed by atoms with van der Waals surface area (Å²) in [6, 6.07) is 10.4. The van der Waals surface area contributed by atoms with Gasteiger partial charge in [-0.1, -0.05) is 29.8 Å². The molecule has 0 atom stereocenters. The van der Waals surface area contributed by atoms with Crippen molar-refractivity contribution in [1.29, 1.82) is 0 Å². The molecule has 0 unspecified atom stereocenters. The summed E-state index contributed by atoms with van der Waals surface area (Å²) in [5, 5.41) is -0.284. The second-order valence-electron chi connectivity index (χ2n) is 5.02. The van der Waals surface area contributed by atoms with Crippen LogP contribution in [0, 0.1) is 0 Å². The molecule has 9 heteroatoms.